The number of rotatable bonds is 1. The van der Waals surface area contributed by atoms with Crippen LogP contribution in [0, 0.1) is 6.92 Å². The van der Waals surface area contributed by atoms with Crippen LogP contribution in [-0.4, -0.2) is 15.0 Å². The monoisotopic (exact) mass is 210 g/mol. The van der Waals surface area contributed by atoms with Crippen LogP contribution in [0.2, 0.25) is 5.28 Å². The minimum absolute atomic E-state index is 0.0753. The van der Waals surface area contributed by atoms with Crippen LogP contribution < -0.4 is 5.73 Å². The fraction of sp³-hybridized carbons (Fsp3) is 0.125. The van der Waals surface area contributed by atoms with Gasteiger partial charge in [-0.1, -0.05) is 0 Å². The number of aryl methyl sites for hydroxylation is 1. The SMILES string of the molecule is Cc1cc(-c2nc(N)nc(Cl)n2)co1. The van der Waals surface area contributed by atoms with Gasteiger partial charge in [-0.15, -0.1) is 0 Å². The average molecular weight is 211 g/mol. The van der Waals surface area contributed by atoms with Crippen LogP contribution in [0.4, 0.5) is 5.95 Å². The van der Waals surface area contributed by atoms with E-state index < -0.39 is 0 Å². The van der Waals surface area contributed by atoms with Crippen molar-refractivity contribution in [2.24, 2.45) is 0 Å². The van der Waals surface area contributed by atoms with E-state index in [1.165, 1.54) is 0 Å². The summed E-state index contributed by atoms with van der Waals surface area (Å²) in [5.41, 5.74) is 6.16. The quantitative estimate of drug-likeness (QED) is 0.775. The molecule has 0 saturated carbocycles. The first-order valence-electron chi connectivity index (χ1n) is 3.88. The van der Waals surface area contributed by atoms with Gasteiger partial charge in [0.1, 0.15) is 12.0 Å². The first-order chi connectivity index (χ1) is 6.65. The van der Waals surface area contributed by atoms with E-state index in [-0.39, 0.29) is 11.2 Å². The number of furan rings is 1. The number of hydrogen-bond acceptors (Lipinski definition) is 5. The summed E-state index contributed by atoms with van der Waals surface area (Å²) >= 11 is 5.63. The molecule has 0 aliphatic heterocycles. The van der Waals surface area contributed by atoms with Crippen LogP contribution in [-0.2, 0) is 0 Å². The van der Waals surface area contributed by atoms with Crippen LogP contribution >= 0.6 is 11.6 Å². The molecule has 2 aromatic heterocycles. The first-order valence-corrected chi connectivity index (χ1v) is 4.25. The molecule has 5 nitrogen and oxygen atoms in total. The maximum atomic E-state index is 5.63. The Morgan fingerprint density at radius 1 is 1.36 bits per heavy atom. The normalized spacial score (nSPS) is 10.4. The van der Waals surface area contributed by atoms with Crippen molar-refractivity contribution in [3.8, 4) is 11.4 Å². The molecule has 2 rings (SSSR count). The molecule has 72 valence electrons. The molecule has 6 heteroatoms. The number of aromatic nitrogens is 3. The number of nitrogens with zero attached hydrogens (tertiary/aromatic N) is 3. The van der Waals surface area contributed by atoms with Gasteiger partial charge >= 0.3 is 0 Å². The smallest absolute Gasteiger partial charge is 0.227 e. The molecule has 14 heavy (non-hydrogen) atoms. The van der Waals surface area contributed by atoms with Gasteiger partial charge in [-0.2, -0.15) is 15.0 Å². The topological polar surface area (TPSA) is 77.8 Å². The van der Waals surface area contributed by atoms with Gasteiger partial charge in [-0.25, -0.2) is 0 Å². The zero-order chi connectivity index (χ0) is 10.1. The highest BCUT2D eigenvalue weighted by Gasteiger charge is 2.07. The molecule has 0 aliphatic carbocycles. The molecule has 0 unspecified atom stereocenters. The van der Waals surface area contributed by atoms with Crippen LogP contribution in [0.25, 0.3) is 11.4 Å². The van der Waals surface area contributed by atoms with Gasteiger partial charge in [0.15, 0.2) is 5.82 Å². The van der Waals surface area contributed by atoms with Gasteiger partial charge < -0.3 is 10.2 Å². The molecule has 2 aromatic rings. The lowest BCUT2D eigenvalue weighted by molar-refractivity contribution is 0.534. The average Bonchev–Trinajstić information content (AvgIpc) is 2.50. The molecular formula is C8H7ClN4O. The zero-order valence-corrected chi connectivity index (χ0v) is 8.12. The molecule has 0 amide bonds. The predicted molar refractivity (Wildman–Crippen MR) is 51.7 cm³/mol. The number of halogens is 1. The van der Waals surface area contributed by atoms with Crippen LogP contribution in [0.1, 0.15) is 5.76 Å². The van der Waals surface area contributed by atoms with Gasteiger partial charge in [-0.3, -0.25) is 0 Å². The van der Waals surface area contributed by atoms with Crippen LogP contribution in [0.3, 0.4) is 0 Å². The highest BCUT2D eigenvalue weighted by molar-refractivity contribution is 6.28. The standard InChI is InChI=1S/C8H7ClN4O/c1-4-2-5(3-14-4)6-11-7(9)13-8(10)12-6/h2-3H,1H3,(H2,10,11,12,13). The Kier molecular flexibility index (Phi) is 2.09. The Bertz CT molecular complexity index is 448. The zero-order valence-electron chi connectivity index (χ0n) is 7.36. The Balaban J connectivity index is 2.51. The number of anilines is 1. The molecule has 0 bridgehead atoms. The maximum absolute atomic E-state index is 5.63. The van der Waals surface area contributed by atoms with Crippen LogP contribution in [0.15, 0.2) is 16.7 Å². The van der Waals surface area contributed by atoms with E-state index in [0.29, 0.717) is 5.82 Å². The molecule has 0 saturated heterocycles. The minimum Gasteiger partial charge on any atom is -0.469 e. The van der Waals surface area contributed by atoms with Gasteiger partial charge in [0, 0.05) is 0 Å². The van der Waals surface area contributed by atoms with Gasteiger partial charge in [0.25, 0.3) is 0 Å². The minimum atomic E-state index is 0.0753. The molecule has 0 spiro atoms. The van der Waals surface area contributed by atoms with Gasteiger partial charge in [0.05, 0.1) is 5.56 Å². The second kappa shape index (κ2) is 3.26. The molecule has 0 radical (unpaired) electrons. The lowest BCUT2D eigenvalue weighted by Crippen LogP contribution is -1.99. The summed E-state index contributed by atoms with van der Waals surface area (Å²) < 4.78 is 5.11. The second-order valence-corrected chi connectivity index (χ2v) is 3.07. The summed E-state index contributed by atoms with van der Waals surface area (Å²) in [6.07, 6.45) is 1.54. The van der Waals surface area contributed by atoms with Crippen molar-refractivity contribution in [2.75, 3.05) is 5.73 Å². The highest BCUT2D eigenvalue weighted by atomic mass is 35.5. The molecular weight excluding hydrogens is 204 g/mol. The summed E-state index contributed by atoms with van der Waals surface area (Å²) in [4.78, 5) is 11.5. The Hall–Kier alpha value is -1.62. The largest absolute Gasteiger partial charge is 0.469 e. The lowest BCUT2D eigenvalue weighted by atomic mass is 10.3. The van der Waals surface area contributed by atoms with E-state index in [1.807, 2.05) is 6.92 Å². The van der Waals surface area contributed by atoms with Crippen molar-refractivity contribution in [2.45, 2.75) is 6.92 Å². The summed E-state index contributed by atoms with van der Waals surface area (Å²) in [5, 5.41) is 0.0753. The third-order valence-corrected chi connectivity index (χ3v) is 1.78. The summed E-state index contributed by atoms with van der Waals surface area (Å²) in [7, 11) is 0. The van der Waals surface area contributed by atoms with E-state index in [1.54, 1.807) is 12.3 Å². The van der Waals surface area contributed by atoms with Crippen LogP contribution in [0.5, 0.6) is 0 Å². The predicted octanol–water partition coefficient (Wildman–Crippen LogP) is 1.68. The van der Waals surface area contributed by atoms with Crippen molar-refractivity contribution < 1.29 is 4.42 Å². The van der Waals surface area contributed by atoms with E-state index in [2.05, 4.69) is 15.0 Å². The van der Waals surface area contributed by atoms with Crippen molar-refractivity contribution in [1.29, 1.82) is 0 Å². The molecule has 2 heterocycles. The summed E-state index contributed by atoms with van der Waals surface area (Å²) in [5.74, 6) is 1.29. The Morgan fingerprint density at radius 3 is 2.71 bits per heavy atom. The summed E-state index contributed by atoms with van der Waals surface area (Å²) in [6, 6.07) is 1.80. The van der Waals surface area contributed by atoms with E-state index >= 15 is 0 Å². The van der Waals surface area contributed by atoms with E-state index in [9.17, 15) is 0 Å². The van der Waals surface area contributed by atoms with Gasteiger partial charge in [0.2, 0.25) is 11.2 Å². The number of nitrogens with two attached hydrogens (primary N) is 1. The summed E-state index contributed by atoms with van der Waals surface area (Å²) in [6.45, 7) is 1.83. The maximum Gasteiger partial charge on any atom is 0.227 e. The fourth-order valence-electron chi connectivity index (χ4n) is 1.06. The third-order valence-electron chi connectivity index (χ3n) is 1.61. The van der Waals surface area contributed by atoms with Crippen molar-refractivity contribution in [3.05, 3.63) is 23.4 Å². The molecule has 0 aliphatic rings. The van der Waals surface area contributed by atoms with Gasteiger partial charge in [-0.05, 0) is 24.6 Å². The van der Waals surface area contributed by atoms with E-state index in [0.717, 1.165) is 11.3 Å². The Morgan fingerprint density at radius 2 is 2.14 bits per heavy atom. The Labute approximate surface area is 84.9 Å². The molecule has 2 N–H and O–H groups in total. The number of nitrogen functional groups attached to an aromatic ring is 1. The lowest BCUT2D eigenvalue weighted by Gasteiger charge is -1.96. The number of hydrogen-bond donors (Lipinski definition) is 1. The fourth-order valence-corrected chi connectivity index (χ4v) is 1.22. The molecule has 0 fully saturated rings. The van der Waals surface area contributed by atoms with Crippen molar-refractivity contribution in [1.82, 2.24) is 15.0 Å². The highest BCUT2D eigenvalue weighted by Crippen LogP contribution is 2.19. The molecule has 0 aromatic carbocycles. The van der Waals surface area contributed by atoms with Crippen molar-refractivity contribution in [3.63, 3.8) is 0 Å². The second-order valence-electron chi connectivity index (χ2n) is 2.73. The third kappa shape index (κ3) is 1.67. The van der Waals surface area contributed by atoms with Crippen molar-refractivity contribution >= 4 is 17.5 Å². The first kappa shape index (κ1) is 8.96. The molecule has 0 atom stereocenters. The van der Waals surface area contributed by atoms with E-state index in [4.69, 9.17) is 21.8 Å².